The summed E-state index contributed by atoms with van der Waals surface area (Å²) in [4.78, 5) is 45.3. The fraction of sp³-hybridized carbons (Fsp3) is 0. The highest BCUT2D eigenvalue weighted by Crippen LogP contribution is 2.44. The Labute approximate surface area is 360 Å². The third-order valence-corrected chi connectivity index (χ3v) is 11.5. The van der Waals surface area contributed by atoms with Crippen LogP contribution in [0.3, 0.4) is 0 Å². The molecule has 4 nitrogen and oxygen atoms in total. The van der Waals surface area contributed by atoms with Gasteiger partial charge < -0.3 is 0 Å². The van der Waals surface area contributed by atoms with E-state index in [9.17, 15) is 19.2 Å². The van der Waals surface area contributed by atoms with Crippen molar-refractivity contribution in [3.63, 3.8) is 0 Å². The first kappa shape index (κ1) is 39.1. The zero-order chi connectivity index (χ0) is 42.4. The second kappa shape index (κ2) is 17.5. The second-order valence-corrected chi connectivity index (χ2v) is 15.2. The molecule has 0 saturated carbocycles. The summed E-state index contributed by atoms with van der Waals surface area (Å²) in [5.74, 6) is 0. The maximum Gasteiger partial charge on any atom is 0.150 e. The van der Waals surface area contributed by atoms with E-state index in [-0.39, 0.29) is 0 Å². The zero-order valence-corrected chi connectivity index (χ0v) is 33.6. The van der Waals surface area contributed by atoms with Crippen LogP contribution in [-0.2, 0) is 0 Å². The molecule has 0 bridgehead atoms. The summed E-state index contributed by atoms with van der Waals surface area (Å²) >= 11 is 0. The first-order valence-corrected chi connectivity index (χ1v) is 20.3. The van der Waals surface area contributed by atoms with Gasteiger partial charge in [-0.05, 0) is 101 Å². The molecule has 9 rings (SSSR count). The molecule has 9 aromatic rings. The van der Waals surface area contributed by atoms with Crippen molar-refractivity contribution in [1.82, 2.24) is 0 Å². The number of rotatable bonds is 12. The number of aldehydes is 4. The van der Waals surface area contributed by atoms with Crippen LogP contribution in [0.5, 0.6) is 0 Å². The molecule has 0 aromatic heterocycles. The van der Waals surface area contributed by atoms with Crippen molar-refractivity contribution in [2.24, 2.45) is 0 Å². The molecular formula is C58H38O4. The van der Waals surface area contributed by atoms with Crippen LogP contribution in [0.4, 0.5) is 0 Å². The lowest BCUT2D eigenvalue weighted by atomic mass is 9.84. The number of benzene rings is 9. The Kier molecular flexibility index (Phi) is 11.0. The van der Waals surface area contributed by atoms with Crippen molar-refractivity contribution in [3.8, 4) is 89.0 Å². The predicted molar refractivity (Wildman–Crippen MR) is 251 cm³/mol. The summed E-state index contributed by atoms with van der Waals surface area (Å²) in [7, 11) is 0. The minimum absolute atomic E-state index is 0.637. The van der Waals surface area contributed by atoms with Crippen molar-refractivity contribution in [2.75, 3.05) is 0 Å². The Morgan fingerprint density at radius 2 is 0.306 bits per heavy atom. The number of carbonyl (C=O) groups excluding carboxylic acids is 4. The molecule has 0 amide bonds. The largest absolute Gasteiger partial charge is 0.298 e. The van der Waals surface area contributed by atoms with Crippen LogP contribution in [0.15, 0.2) is 206 Å². The summed E-state index contributed by atoms with van der Waals surface area (Å²) in [5.41, 5.74) is 19.3. The van der Waals surface area contributed by atoms with E-state index in [4.69, 9.17) is 0 Å². The minimum Gasteiger partial charge on any atom is -0.298 e. The van der Waals surface area contributed by atoms with Crippen molar-refractivity contribution < 1.29 is 19.2 Å². The molecule has 0 aliphatic heterocycles. The van der Waals surface area contributed by atoms with E-state index in [0.717, 1.165) is 114 Å². The zero-order valence-electron chi connectivity index (χ0n) is 33.6. The van der Waals surface area contributed by atoms with Gasteiger partial charge in [-0.2, -0.15) is 0 Å². The Bertz CT molecular complexity index is 2610. The molecule has 0 aliphatic carbocycles. The lowest BCUT2D eigenvalue weighted by Crippen LogP contribution is -1.93. The first-order valence-electron chi connectivity index (χ1n) is 20.3. The average molecular weight is 799 g/mol. The molecule has 4 heteroatoms. The van der Waals surface area contributed by atoms with Crippen LogP contribution >= 0.6 is 0 Å². The predicted octanol–water partition coefficient (Wildman–Crippen LogP) is 14.3. The molecule has 9 aromatic carbocycles. The first-order chi connectivity index (χ1) is 30.5. The Morgan fingerprint density at radius 3 is 0.452 bits per heavy atom. The molecule has 0 spiro atoms. The minimum atomic E-state index is 0.637. The van der Waals surface area contributed by atoms with Crippen LogP contribution < -0.4 is 0 Å². The van der Waals surface area contributed by atoms with Crippen molar-refractivity contribution >= 4 is 25.1 Å². The molecule has 0 aliphatic rings. The van der Waals surface area contributed by atoms with Gasteiger partial charge >= 0.3 is 0 Å². The number of hydrogen-bond acceptors (Lipinski definition) is 4. The molecule has 294 valence electrons. The van der Waals surface area contributed by atoms with Gasteiger partial charge in [0.25, 0.3) is 0 Å². The molecule has 0 atom stereocenters. The highest BCUT2D eigenvalue weighted by atomic mass is 16.1. The standard InChI is InChI=1S/C58H38O4/c59-35-39-1-9-43(10-2-39)47-17-25-51(26-18-47)55-33-57(53-29-21-49(22-30-53)45-13-5-41(37-61)6-14-45)58(54-31-23-50(24-32-54)46-15-7-42(38-62)8-16-46)34-56(55)52-27-19-48(20-28-52)44-11-3-40(36-60)4-12-44/h1-38H. The van der Waals surface area contributed by atoms with E-state index >= 15 is 0 Å². The molecule has 0 saturated heterocycles. The van der Waals surface area contributed by atoms with Gasteiger partial charge in [-0.15, -0.1) is 0 Å². The molecule has 62 heavy (non-hydrogen) atoms. The third kappa shape index (κ3) is 8.14. The third-order valence-electron chi connectivity index (χ3n) is 11.5. The van der Waals surface area contributed by atoms with Crippen LogP contribution in [0.2, 0.25) is 0 Å². The van der Waals surface area contributed by atoms with Gasteiger partial charge in [0.2, 0.25) is 0 Å². The molecular weight excluding hydrogens is 761 g/mol. The van der Waals surface area contributed by atoms with Crippen LogP contribution in [-0.4, -0.2) is 25.1 Å². The van der Waals surface area contributed by atoms with E-state index in [2.05, 4.69) is 109 Å². The van der Waals surface area contributed by atoms with Gasteiger partial charge in [0.1, 0.15) is 25.1 Å². The monoisotopic (exact) mass is 798 g/mol. The summed E-state index contributed by atoms with van der Waals surface area (Å²) in [6, 6.07) is 69.3. The fourth-order valence-corrected chi connectivity index (χ4v) is 7.94. The molecule has 0 radical (unpaired) electrons. The Balaban J connectivity index is 1.20. The van der Waals surface area contributed by atoms with Gasteiger partial charge in [-0.25, -0.2) is 0 Å². The van der Waals surface area contributed by atoms with Crippen molar-refractivity contribution in [3.05, 3.63) is 229 Å². The SMILES string of the molecule is O=Cc1ccc(-c2ccc(-c3cc(-c4ccc(-c5ccc(C=O)cc5)cc4)c(-c4ccc(-c5ccc(C=O)cc5)cc4)cc3-c3ccc(-c4ccc(C=O)cc4)cc3)cc2)cc1. The Hall–Kier alpha value is -8.34. The highest BCUT2D eigenvalue weighted by Gasteiger charge is 2.18. The summed E-state index contributed by atoms with van der Waals surface area (Å²) < 4.78 is 0. The van der Waals surface area contributed by atoms with E-state index in [1.807, 2.05) is 97.1 Å². The van der Waals surface area contributed by atoms with Crippen LogP contribution in [0.25, 0.3) is 89.0 Å². The average Bonchev–Trinajstić information content (AvgIpc) is 3.36. The lowest BCUT2D eigenvalue weighted by Gasteiger charge is -2.19. The van der Waals surface area contributed by atoms with Crippen LogP contribution in [0, 0.1) is 0 Å². The van der Waals surface area contributed by atoms with Gasteiger partial charge in [0.05, 0.1) is 0 Å². The van der Waals surface area contributed by atoms with Gasteiger partial charge in [-0.3, -0.25) is 19.2 Å². The number of carbonyl (C=O) groups is 4. The van der Waals surface area contributed by atoms with Gasteiger partial charge in [0, 0.05) is 22.3 Å². The maximum absolute atomic E-state index is 11.3. The highest BCUT2D eigenvalue weighted by molar-refractivity contribution is 5.96. The molecule has 0 unspecified atom stereocenters. The van der Waals surface area contributed by atoms with Crippen molar-refractivity contribution in [2.45, 2.75) is 0 Å². The van der Waals surface area contributed by atoms with Gasteiger partial charge in [-0.1, -0.05) is 194 Å². The van der Waals surface area contributed by atoms with Crippen molar-refractivity contribution in [1.29, 1.82) is 0 Å². The van der Waals surface area contributed by atoms with E-state index in [1.165, 1.54) is 0 Å². The van der Waals surface area contributed by atoms with E-state index in [0.29, 0.717) is 22.3 Å². The summed E-state index contributed by atoms with van der Waals surface area (Å²) in [6.07, 6.45) is 3.42. The maximum atomic E-state index is 11.3. The number of hydrogen-bond donors (Lipinski definition) is 0. The second-order valence-electron chi connectivity index (χ2n) is 15.2. The quantitative estimate of drug-likeness (QED) is 0.115. The summed E-state index contributed by atoms with van der Waals surface area (Å²) in [5, 5.41) is 0. The van der Waals surface area contributed by atoms with E-state index in [1.54, 1.807) is 0 Å². The topological polar surface area (TPSA) is 68.3 Å². The molecule has 0 heterocycles. The normalized spacial score (nSPS) is 10.8. The smallest absolute Gasteiger partial charge is 0.150 e. The fourth-order valence-electron chi connectivity index (χ4n) is 7.94. The lowest BCUT2D eigenvalue weighted by molar-refractivity contribution is 0.111. The molecule has 0 N–H and O–H groups in total. The van der Waals surface area contributed by atoms with Gasteiger partial charge in [0.15, 0.2) is 0 Å². The Morgan fingerprint density at radius 1 is 0.177 bits per heavy atom. The van der Waals surface area contributed by atoms with E-state index < -0.39 is 0 Å². The summed E-state index contributed by atoms with van der Waals surface area (Å²) in [6.45, 7) is 0. The van der Waals surface area contributed by atoms with Crippen LogP contribution in [0.1, 0.15) is 41.4 Å². The molecule has 0 fully saturated rings.